The van der Waals surface area contributed by atoms with Gasteiger partial charge in [0.2, 0.25) is 0 Å². The van der Waals surface area contributed by atoms with E-state index >= 15 is 0 Å². The largest absolute Gasteiger partial charge is 0.394 e. The van der Waals surface area contributed by atoms with Gasteiger partial charge in [-0.15, -0.1) is 0 Å². The van der Waals surface area contributed by atoms with Crippen LogP contribution in [0.3, 0.4) is 0 Å². The van der Waals surface area contributed by atoms with E-state index in [0.717, 1.165) is 5.69 Å². The summed E-state index contributed by atoms with van der Waals surface area (Å²) in [5.74, 6) is 0. The first-order chi connectivity index (χ1) is 17.5. The van der Waals surface area contributed by atoms with Crippen LogP contribution in [-0.2, 0) is 14.2 Å². The molecule has 12 nitrogen and oxygen atoms in total. The quantitative estimate of drug-likeness (QED) is 0.175. The van der Waals surface area contributed by atoms with E-state index in [4.69, 9.17) is 14.2 Å². The smallest absolute Gasteiger partial charge is 0.187 e. The molecular weight excluding hydrogens is 472 g/mol. The summed E-state index contributed by atoms with van der Waals surface area (Å²) >= 11 is 0. The summed E-state index contributed by atoms with van der Waals surface area (Å²) in [5, 5.41) is 59.1. The highest BCUT2D eigenvalue weighted by molar-refractivity contribution is 6.33. The van der Waals surface area contributed by atoms with Crippen LogP contribution in [0.25, 0.3) is 0 Å². The Morgan fingerprint density at radius 2 is 1.56 bits per heavy atom. The van der Waals surface area contributed by atoms with Crippen LogP contribution in [0.1, 0.15) is 0 Å². The molecule has 0 saturated carbocycles. The van der Waals surface area contributed by atoms with Gasteiger partial charge in [-0.1, -0.05) is 36.4 Å². The third kappa shape index (κ3) is 6.24. The number of aliphatic hydroxyl groups excluding tert-OH is 5. The molecule has 4 rings (SSSR count). The third-order valence-electron chi connectivity index (χ3n) is 5.81. The number of rotatable bonds is 9. The first kappa shape index (κ1) is 26.1. The molecular formula is C24H30N4O8. The summed E-state index contributed by atoms with van der Waals surface area (Å²) < 4.78 is 17.0. The molecule has 7 N–H and O–H groups in total. The van der Waals surface area contributed by atoms with Crippen LogP contribution < -0.4 is 10.9 Å². The number of hydrogen-bond donors (Lipinski definition) is 7. The second-order valence-corrected chi connectivity index (χ2v) is 8.37. The van der Waals surface area contributed by atoms with Crippen LogP contribution in [0.4, 0.5) is 11.4 Å². The molecule has 2 heterocycles. The summed E-state index contributed by atoms with van der Waals surface area (Å²) in [6.45, 7) is -0.708. The number of nitrogens with one attached hydrogen (secondary N) is 2. The first-order valence-corrected chi connectivity index (χ1v) is 11.5. The monoisotopic (exact) mass is 502 g/mol. The lowest BCUT2D eigenvalue weighted by atomic mass is 9.99. The Labute approximate surface area is 207 Å². The molecule has 8 atom stereocenters. The lowest BCUT2D eigenvalue weighted by molar-refractivity contribution is -0.316. The fourth-order valence-electron chi connectivity index (χ4n) is 3.84. The lowest BCUT2D eigenvalue weighted by Gasteiger charge is -2.41. The maximum atomic E-state index is 10.6. The van der Waals surface area contributed by atoms with E-state index in [0.29, 0.717) is 5.69 Å². The van der Waals surface area contributed by atoms with Crippen molar-refractivity contribution in [2.45, 2.75) is 49.0 Å². The van der Waals surface area contributed by atoms with Crippen molar-refractivity contribution in [3.05, 3.63) is 60.7 Å². The minimum atomic E-state index is -1.63. The van der Waals surface area contributed by atoms with Crippen LogP contribution in [0.5, 0.6) is 0 Å². The average Bonchev–Trinajstić information content (AvgIpc) is 3.27. The van der Waals surface area contributed by atoms with Gasteiger partial charge in [-0.3, -0.25) is 10.9 Å². The number of para-hydroxylation sites is 2. The van der Waals surface area contributed by atoms with Gasteiger partial charge in [0.25, 0.3) is 0 Å². The summed E-state index contributed by atoms with van der Waals surface area (Å²) in [5.41, 5.74) is 7.49. The molecule has 2 aromatic carbocycles. The molecule has 2 aromatic rings. The van der Waals surface area contributed by atoms with Crippen molar-refractivity contribution >= 4 is 23.3 Å². The molecule has 0 bridgehead atoms. The van der Waals surface area contributed by atoms with Crippen LogP contribution in [-0.4, -0.2) is 99.7 Å². The van der Waals surface area contributed by atoms with Gasteiger partial charge in [-0.05, 0) is 24.3 Å². The highest BCUT2D eigenvalue weighted by atomic mass is 16.7. The number of benzene rings is 2. The highest BCUT2D eigenvalue weighted by Crippen LogP contribution is 2.27. The average molecular weight is 503 g/mol. The van der Waals surface area contributed by atoms with Gasteiger partial charge in [-0.2, -0.15) is 10.2 Å². The molecule has 0 aliphatic carbocycles. The van der Waals surface area contributed by atoms with E-state index in [-0.39, 0.29) is 12.3 Å². The topological polar surface area (TPSA) is 178 Å². The van der Waals surface area contributed by atoms with Gasteiger partial charge < -0.3 is 39.7 Å². The molecule has 8 unspecified atom stereocenters. The Hall–Kier alpha value is -2.94. The number of ether oxygens (including phenoxy) is 3. The van der Waals surface area contributed by atoms with Crippen molar-refractivity contribution in [2.75, 3.05) is 24.1 Å². The van der Waals surface area contributed by atoms with Gasteiger partial charge >= 0.3 is 0 Å². The van der Waals surface area contributed by atoms with E-state index < -0.39 is 55.6 Å². The van der Waals surface area contributed by atoms with Crippen LogP contribution in [0.15, 0.2) is 70.9 Å². The van der Waals surface area contributed by atoms with E-state index in [9.17, 15) is 25.5 Å². The second kappa shape index (κ2) is 12.3. The number of hydrogen-bond acceptors (Lipinski definition) is 12. The Bertz CT molecular complexity index is 1010. The predicted molar refractivity (Wildman–Crippen MR) is 130 cm³/mol. The van der Waals surface area contributed by atoms with E-state index in [2.05, 4.69) is 21.1 Å². The van der Waals surface area contributed by atoms with Gasteiger partial charge in [0.1, 0.15) is 48.4 Å². The van der Waals surface area contributed by atoms with Crippen LogP contribution >= 0.6 is 0 Å². The van der Waals surface area contributed by atoms with Gasteiger partial charge in [-0.25, -0.2) is 0 Å². The van der Waals surface area contributed by atoms with Crippen LogP contribution in [0.2, 0.25) is 0 Å². The molecule has 0 radical (unpaired) electrons. The predicted octanol–water partition coefficient (Wildman–Crippen LogP) is -0.503. The van der Waals surface area contributed by atoms with E-state index in [1.807, 2.05) is 60.7 Å². The highest BCUT2D eigenvalue weighted by Gasteiger charge is 2.48. The minimum Gasteiger partial charge on any atom is -0.394 e. The first-order valence-electron chi connectivity index (χ1n) is 11.5. The summed E-state index contributed by atoms with van der Waals surface area (Å²) in [6.07, 6.45) is -9.13. The zero-order valence-corrected chi connectivity index (χ0v) is 19.2. The molecule has 0 aromatic heterocycles. The number of anilines is 2. The fourth-order valence-corrected chi connectivity index (χ4v) is 3.84. The van der Waals surface area contributed by atoms with Crippen molar-refractivity contribution in [1.29, 1.82) is 0 Å². The Balaban J connectivity index is 1.54. The van der Waals surface area contributed by atoms with Crippen molar-refractivity contribution < 1.29 is 39.7 Å². The lowest BCUT2D eigenvalue weighted by Crippen LogP contribution is -2.60. The van der Waals surface area contributed by atoms with Gasteiger partial charge in [0.05, 0.1) is 30.8 Å². The van der Waals surface area contributed by atoms with Crippen molar-refractivity contribution in [3.63, 3.8) is 0 Å². The Morgan fingerprint density at radius 3 is 2.19 bits per heavy atom. The molecule has 0 amide bonds. The third-order valence-corrected chi connectivity index (χ3v) is 5.81. The zero-order chi connectivity index (χ0) is 25.5. The van der Waals surface area contributed by atoms with Gasteiger partial charge in [0.15, 0.2) is 6.29 Å². The normalized spacial score (nSPS) is 33.1. The summed E-state index contributed by atoms with van der Waals surface area (Å²) in [6, 6.07) is 18.4. The summed E-state index contributed by atoms with van der Waals surface area (Å²) in [7, 11) is 0. The second-order valence-electron chi connectivity index (χ2n) is 8.37. The van der Waals surface area contributed by atoms with E-state index in [1.54, 1.807) is 0 Å². The molecule has 2 fully saturated rings. The van der Waals surface area contributed by atoms with Crippen molar-refractivity contribution in [1.82, 2.24) is 0 Å². The Morgan fingerprint density at radius 1 is 0.917 bits per heavy atom. The zero-order valence-electron chi connectivity index (χ0n) is 19.2. The maximum Gasteiger partial charge on any atom is 0.187 e. The Kier molecular flexibility index (Phi) is 8.96. The van der Waals surface area contributed by atoms with Crippen molar-refractivity contribution in [2.24, 2.45) is 10.2 Å². The molecule has 0 spiro atoms. The number of aliphatic hydroxyl groups is 5. The molecule has 2 saturated heterocycles. The van der Waals surface area contributed by atoms with E-state index in [1.165, 1.54) is 6.21 Å². The SMILES string of the molecule is OCC1OC(OC2C(O)COC2C(/C=N/Nc2ccccc2)=N\Nc2ccccc2)C(O)C(O)C1O. The molecule has 36 heavy (non-hydrogen) atoms. The molecule has 2 aliphatic heterocycles. The standard InChI is InChI=1S/C24H30N4O8/c29-12-18-19(31)20(32)21(33)24(35-18)36-23-17(30)13-34-22(23)16(28-27-15-9-5-2-6-10-15)11-25-26-14-7-3-1-4-8-14/h1-11,17-24,26-27,29-33H,12-13H2/b25-11+,28-16-. The maximum absolute atomic E-state index is 10.6. The molecule has 12 heteroatoms. The molecule has 194 valence electrons. The molecule has 2 aliphatic rings. The fraction of sp³-hybridized carbons (Fsp3) is 0.417. The van der Waals surface area contributed by atoms with Gasteiger partial charge in [0, 0.05) is 0 Å². The summed E-state index contributed by atoms with van der Waals surface area (Å²) in [4.78, 5) is 0. The minimum absolute atomic E-state index is 0.100. The van der Waals surface area contributed by atoms with Crippen molar-refractivity contribution in [3.8, 4) is 0 Å². The van der Waals surface area contributed by atoms with Crippen LogP contribution in [0, 0.1) is 0 Å². The number of hydrazone groups is 2. The number of nitrogens with zero attached hydrogens (tertiary/aromatic N) is 2.